The zero-order valence-corrected chi connectivity index (χ0v) is 15.4. The number of benzene rings is 2. The summed E-state index contributed by atoms with van der Waals surface area (Å²) in [7, 11) is 1.72. The molecule has 0 radical (unpaired) electrons. The molecule has 26 heavy (non-hydrogen) atoms. The van der Waals surface area contributed by atoms with Crippen molar-refractivity contribution in [1.82, 2.24) is 4.57 Å². The van der Waals surface area contributed by atoms with Crippen LogP contribution >= 0.6 is 0 Å². The van der Waals surface area contributed by atoms with Gasteiger partial charge in [-0.2, -0.15) is 0 Å². The van der Waals surface area contributed by atoms with Crippen molar-refractivity contribution in [3.05, 3.63) is 59.7 Å². The van der Waals surface area contributed by atoms with Crippen molar-refractivity contribution in [3.8, 4) is 11.3 Å². The molecule has 3 aromatic rings. The van der Waals surface area contributed by atoms with E-state index >= 15 is 0 Å². The molecule has 1 aliphatic rings. The molecule has 0 spiro atoms. The van der Waals surface area contributed by atoms with Crippen LogP contribution in [0.4, 0.5) is 0 Å². The number of ether oxygens (including phenoxy) is 1. The largest absolute Gasteiger partial charge is 0.364 e. The van der Waals surface area contributed by atoms with Crippen LogP contribution in [0.25, 0.3) is 22.2 Å². The molecule has 0 amide bonds. The van der Waals surface area contributed by atoms with Crippen LogP contribution < -0.4 is 0 Å². The minimum absolute atomic E-state index is 0.0685. The van der Waals surface area contributed by atoms with Gasteiger partial charge in [-0.15, -0.1) is 0 Å². The van der Waals surface area contributed by atoms with Gasteiger partial charge < -0.3 is 14.1 Å². The lowest BCUT2D eigenvalue weighted by atomic mass is 9.90. The Morgan fingerprint density at radius 3 is 2.62 bits per heavy atom. The fourth-order valence-corrected chi connectivity index (χ4v) is 3.99. The van der Waals surface area contributed by atoms with Crippen molar-refractivity contribution in [2.24, 2.45) is 5.92 Å². The average molecular weight is 347 g/mol. The lowest BCUT2D eigenvalue weighted by Crippen LogP contribution is -2.06. The molecule has 1 saturated carbocycles. The highest BCUT2D eigenvalue weighted by Gasteiger charge is 2.30. The SMILES string of the molecule is COCn1c(-c2ccccc2)c(C(C=O)CC2CC2)c2ccc(C)cc21. The van der Waals surface area contributed by atoms with Gasteiger partial charge >= 0.3 is 0 Å². The van der Waals surface area contributed by atoms with E-state index in [9.17, 15) is 4.79 Å². The van der Waals surface area contributed by atoms with Crippen LogP contribution in [-0.2, 0) is 16.3 Å². The molecule has 3 heteroatoms. The normalized spacial score (nSPS) is 15.3. The summed E-state index contributed by atoms with van der Waals surface area (Å²) in [5.74, 6) is 0.626. The number of hydrogen-bond acceptors (Lipinski definition) is 2. The Balaban J connectivity index is 2.01. The number of fused-ring (bicyclic) bond motifs is 1. The summed E-state index contributed by atoms with van der Waals surface area (Å²) in [6, 6.07) is 16.9. The maximum absolute atomic E-state index is 12.1. The first-order valence-electron chi connectivity index (χ1n) is 9.35. The highest BCUT2D eigenvalue weighted by atomic mass is 16.5. The smallest absolute Gasteiger partial charge is 0.127 e. The van der Waals surface area contributed by atoms with Crippen LogP contribution in [-0.4, -0.2) is 18.0 Å². The Hall–Kier alpha value is -2.39. The molecule has 0 saturated heterocycles. The average Bonchev–Trinajstić information content (AvgIpc) is 3.43. The Labute approximate surface area is 154 Å². The van der Waals surface area contributed by atoms with E-state index in [1.807, 2.05) is 6.07 Å². The molecule has 0 aliphatic heterocycles. The zero-order valence-electron chi connectivity index (χ0n) is 15.4. The van der Waals surface area contributed by atoms with Gasteiger partial charge in [0.15, 0.2) is 0 Å². The Bertz CT molecular complexity index is 922. The standard InChI is InChI=1S/C23H25NO2/c1-16-8-11-20-21(12-16)24(15-26-2)23(18-6-4-3-5-7-18)22(20)19(14-25)13-17-9-10-17/h3-8,11-12,14,17,19H,9-10,13,15H2,1-2H3. The molecule has 134 valence electrons. The third-order valence-corrected chi connectivity index (χ3v) is 5.38. The van der Waals surface area contributed by atoms with E-state index in [4.69, 9.17) is 4.74 Å². The highest BCUT2D eigenvalue weighted by Crippen LogP contribution is 2.44. The predicted molar refractivity (Wildman–Crippen MR) is 105 cm³/mol. The van der Waals surface area contributed by atoms with Gasteiger partial charge in [0, 0.05) is 18.4 Å². The summed E-state index contributed by atoms with van der Waals surface area (Å²) in [6.07, 6.45) is 4.60. The quantitative estimate of drug-likeness (QED) is 0.543. The number of carbonyl (C=O) groups excluding carboxylic acids is 1. The zero-order chi connectivity index (χ0) is 18.1. The summed E-state index contributed by atoms with van der Waals surface area (Å²) in [5.41, 5.74) is 5.76. The molecule has 3 nitrogen and oxygen atoms in total. The van der Waals surface area contributed by atoms with E-state index in [1.165, 1.54) is 23.8 Å². The lowest BCUT2D eigenvalue weighted by Gasteiger charge is -2.15. The molecule has 0 bridgehead atoms. The van der Waals surface area contributed by atoms with Gasteiger partial charge in [-0.1, -0.05) is 55.3 Å². The summed E-state index contributed by atoms with van der Waals surface area (Å²) < 4.78 is 7.75. The predicted octanol–water partition coefficient (Wildman–Crippen LogP) is 5.30. The van der Waals surface area contributed by atoms with E-state index in [2.05, 4.69) is 54.0 Å². The van der Waals surface area contributed by atoms with Crippen molar-refractivity contribution in [3.63, 3.8) is 0 Å². The van der Waals surface area contributed by atoms with E-state index in [0.29, 0.717) is 12.6 Å². The fourth-order valence-electron chi connectivity index (χ4n) is 3.99. The van der Waals surface area contributed by atoms with Crippen LogP contribution in [0, 0.1) is 12.8 Å². The monoisotopic (exact) mass is 347 g/mol. The molecule has 2 aromatic carbocycles. The first-order valence-corrected chi connectivity index (χ1v) is 9.35. The Kier molecular flexibility index (Phi) is 4.64. The van der Waals surface area contributed by atoms with Gasteiger partial charge in [0.25, 0.3) is 0 Å². The van der Waals surface area contributed by atoms with Gasteiger partial charge in [0.2, 0.25) is 0 Å². The lowest BCUT2D eigenvalue weighted by molar-refractivity contribution is -0.109. The maximum atomic E-state index is 12.1. The van der Waals surface area contributed by atoms with E-state index < -0.39 is 0 Å². The molecule has 1 unspecified atom stereocenters. The molecule has 0 N–H and O–H groups in total. The minimum atomic E-state index is -0.0685. The van der Waals surface area contributed by atoms with Crippen molar-refractivity contribution >= 4 is 17.2 Å². The number of rotatable bonds is 7. The number of hydrogen-bond donors (Lipinski definition) is 0. The second kappa shape index (κ2) is 7.08. The van der Waals surface area contributed by atoms with Crippen molar-refractivity contribution in [2.45, 2.75) is 38.8 Å². The molecular weight excluding hydrogens is 322 g/mol. The van der Waals surface area contributed by atoms with E-state index in [0.717, 1.165) is 35.0 Å². The van der Waals surface area contributed by atoms with Crippen LogP contribution in [0.1, 0.15) is 36.3 Å². The van der Waals surface area contributed by atoms with E-state index in [-0.39, 0.29) is 5.92 Å². The molecule has 1 atom stereocenters. The van der Waals surface area contributed by atoms with Gasteiger partial charge in [-0.05, 0) is 42.0 Å². The third-order valence-electron chi connectivity index (χ3n) is 5.38. The van der Waals surface area contributed by atoms with E-state index in [1.54, 1.807) is 7.11 Å². The van der Waals surface area contributed by atoms with Crippen LogP contribution in [0.3, 0.4) is 0 Å². The number of methoxy groups -OCH3 is 1. The Morgan fingerprint density at radius 1 is 1.19 bits per heavy atom. The van der Waals surface area contributed by atoms with Crippen LogP contribution in [0.2, 0.25) is 0 Å². The van der Waals surface area contributed by atoms with Crippen LogP contribution in [0.5, 0.6) is 0 Å². The third kappa shape index (κ3) is 3.08. The second-order valence-electron chi connectivity index (χ2n) is 7.42. The van der Waals surface area contributed by atoms with Crippen molar-refractivity contribution in [2.75, 3.05) is 7.11 Å². The molecule has 1 aromatic heterocycles. The number of carbonyl (C=O) groups is 1. The molecular formula is C23H25NO2. The maximum Gasteiger partial charge on any atom is 0.127 e. The molecule has 1 fully saturated rings. The number of aromatic nitrogens is 1. The summed E-state index contributed by atoms with van der Waals surface area (Å²) >= 11 is 0. The number of aryl methyl sites for hydroxylation is 1. The van der Waals surface area contributed by atoms with Gasteiger partial charge in [-0.25, -0.2) is 0 Å². The highest BCUT2D eigenvalue weighted by molar-refractivity contribution is 5.95. The first kappa shape index (κ1) is 17.0. The minimum Gasteiger partial charge on any atom is -0.364 e. The van der Waals surface area contributed by atoms with Gasteiger partial charge in [0.05, 0.1) is 11.2 Å². The number of nitrogens with zero attached hydrogens (tertiary/aromatic N) is 1. The van der Waals surface area contributed by atoms with Crippen molar-refractivity contribution in [1.29, 1.82) is 0 Å². The summed E-state index contributed by atoms with van der Waals surface area (Å²) in [5, 5.41) is 1.17. The van der Waals surface area contributed by atoms with Gasteiger partial charge in [0.1, 0.15) is 13.0 Å². The molecule has 1 heterocycles. The summed E-state index contributed by atoms with van der Waals surface area (Å²) in [4.78, 5) is 12.1. The topological polar surface area (TPSA) is 31.2 Å². The second-order valence-corrected chi connectivity index (χ2v) is 7.42. The first-order chi connectivity index (χ1) is 12.7. The summed E-state index contributed by atoms with van der Waals surface area (Å²) in [6.45, 7) is 2.58. The fraction of sp³-hybridized carbons (Fsp3) is 0.348. The number of aldehydes is 1. The van der Waals surface area contributed by atoms with Crippen LogP contribution in [0.15, 0.2) is 48.5 Å². The van der Waals surface area contributed by atoms with Crippen molar-refractivity contribution < 1.29 is 9.53 Å². The molecule has 4 rings (SSSR count). The molecule has 1 aliphatic carbocycles. The Morgan fingerprint density at radius 2 is 1.96 bits per heavy atom. The van der Waals surface area contributed by atoms with Gasteiger partial charge in [-0.3, -0.25) is 0 Å².